The Morgan fingerprint density at radius 3 is 2.48 bits per heavy atom. The molecule has 0 unspecified atom stereocenters. The summed E-state index contributed by atoms with van der Waals surface area (Å²) in [6, 6.07) is 8.28. The van der Waals surface area contributed by atoms with E-state index in [-0.39, 0.29) is 0 Å². The molecule has 0 saturated carbocycles. The largest absolute Gasteiger partial charge is 0.494 e. The summed E-state index contributed by atoms with van der Waals surface area (Å²) in [5.74, 6) is 2.28. The molecule has 14 heteroatoms. The number of piperidine rings is 1. The third kappa shape index (κ3) is 6.76. The zero-order chi connectivity index (χ0) is 31.6. The van der Waals surface area contributed by atoms with Crippen LogP contribution in [0.25, 0.3) is 0 Å². The number of hydrogen-bond donors (Lipinski definition) is 2. The molecule has 0 bridgehead atoms. The summed E-state index contributed by atoms with van der Waals surface area (Å²) in [6.07, 6.45) is 5.86. The normalized spacial score (nSPS) is 15.3. The van der Waals surface area contributed by atoms with Crippen molar-refractivity contribution in [1.82, 2.24) is 14.9 Å². The van der Waals surface area contributed by atoms with Crippen LogP contribution in [0.5, 0.6) is 17.2 Å². The minimum absolute atomic E-state index is 0.307. The lowest BCUT2D eigenvalue weighted by Gasteiger charge is -2.37. The molecule has 12 nitrogen and oxygen atoms in total. The van der Waals surface area contributed by atoms with Gasteiger partial charge in [0, 0.05) is 44.1 Å². The molecule has 3 aromatic rings. The summed E-state index contributed by atoms with van der Waals surface area (Å²) >= 11 is 3.53. The number of nitrogens with one attached hydrogen (secondary N) is 2. The van der Waals surface area contributed by atoms with E-state index in [0.717, 1.165) is 44.3 Å². The molecule has 3 heterocycles. The average molecular weight is 691 g/mol. The van der Waals surface area contributed by atoms with Crippen LogP contribution in [-0.4, -0.2) is 90.1 Å². The Morgan fingerprint density at radius 2 is 1.82 bits per heavy atom. The zero-order valence-electron chi connectivity index (χ0n) is 26.0. The second-order valence-corrected chi connectivity index (χ2v) is 13.9. The fraction of sp³-hybridized carbons (Fsp3) is 0.467. The molecular formula is C30H40BrN7O5S. The van der Waals surface area contributed by atoms with Crippen molar-refractivity contribution in [2.45, 2.75) is 32.2 Å². The van der Waals surface area contributed by atoms with Crippen LogP contribution in [0.1, 0.15) is 25.3 Å². The minimum Gasteiger partial charge on any atom is -0.494 e. The molecule has 2 N–H and O–H groups in total. The highest BCUT2D eigenvalue weighted by Gasteiger charge is 2.27. The summed E-state index contributed by atoms with van der Waals surface area (Å²) in [7, 11) is 3.81. The van der Waals surface area contributed by atoms with Crippen molar-refractivity contribution in [2.24, 2.45) is 0 Å². The Morgan fingerprint density at radius 1 is 1.09 bits per heavy atom. The SMILES string of the molecule is CCc1cc(Nc2ncc(Br)c(Nc3ccc4c(c3N(C)S(C)(=O)=O)OCCO4)n2)c(OC)cc1N1CCC(N(C)C)CC1. The number of hydrogen-bond acceptors (Lipinski definition) is 11. The van der Waals surface area contributed by atoms with Gasteiger partial charge in [-0.2, -0.15) is 4.98 Å². The molecule has 0 amide bonds. The summed E-state index contributed by atoms with van der Waals surface area (Å²) in [5.41, 5.74) is 3.94. The number of anilines is 6. The fourth-order valence-corrected chi connectivity index (χ4v) is 6.33. The van der Waals surface area contributed by atoms with Gasteiger partial charge in [-0.05, 0) is 73.1 Å². The molecule has 1 saturated heterocycles. The van der Waals surface area contributed by atoms with E-state index in [0.29, 0.717) is 64.1 Å². The van der Waals surface area contributed by atoms with Crippen molar-refractivity contribution in [3.8, 4) is 17.2 Å². The van der Waals surface area contributed by atoms with E-state index in [1.807, 2.05) is 0 Å². The Hall–Kier alpha value is -3.49. The number of aryl methyl sites for hydroxylation is 1. The van der Waals surface area contributed by atoms with Crippen molar-refractivity contribution in [3.05, 3.63) is 40.5 Å². The fourth-order valence-electron chi connectivity index (χ4n) is 5.52. The Bertz CT molecular complexity index is 1610. The summed E-state index contributed by atoms with van der Waals surface area (Å²) < 4.78 is 44.3. The zero-order valence-corrected chi connectivity index (χ0v) is 28.4. The lowest BCUT2D eigenvalue weighted by Crippen LogP contribution is -2.42. The predicted octanol–water partition coefficient (Wildman–Crippen LogP) is 4.99. The first-order valence-corrected chi connectivity index (χ1v) is 17.2. The first-order chi connectivity index (χ1) is 21.0. The maximum atomic E-state index is 12.6. The molecular weight excluding hydrogens is 650 g/mol. The number of halogens is 1. The molecule has 0 atom stereocenters. The molecule has 1 fully saturated rings. The molecule has 44 heavy (non-hydrogen) atoms. The molecule has 0 radical (unpaired) electrons. The van der Waals surface area contributed by atoms with Crippen LogP contribution in [0, 0.1) is 0 Å². The van der Waals surface area contributed by atoms with Gasteiger partial charge in [0.2, 0.25) is 16.0 Å². The highest BCUT2D eigenvalue weighted by Crippen LogP contribution is 2.46. The summed E-state index contributed by atoms with van der Waals surface area (Å²) in [5, 5.41) is 6.59. The average Bonchev–Trinajstić information content (AvgIpc) is 3.01. The number of aromatic nitrogens is 2. The number of benzene rings is 2. The van der Waals surface area contributed by atoms with Crippen LogP contribution in [0.4, 0.5) is 34.5 Å². The van der Waals surface area contributed by atoms with Crippen molar-refractivity contribution in [2.75, 3.05) is 80.7 Å². The molecule has 0 spiro atoms. The lowest BCUT2D eigenvalue weighted by molar-refractivity contribution is 0.172. The highest BCUT2D eigenvalue weighted by molar-refractivity contribution is 9.10. The third-order valence-electron chi connectivity index (χ3n) is 8.06. The number of nitrogens with zero attached hydrogens (tertiary/aromatic N) is 5. The van der Waals surface area contributed by atoms with Gasteiger partial charge in [-0.25, -0.2) is 13.4 Å². The summed E-state index contributed by atoms with van der Waals surface area (Å²) in [4.78, 5) is 14.0. The quantitative estimate of drug-likeness (QED) is 0.299. The van der Waals surface area contributed by atoms with Crippen LogP contribution in [0.2, 0.25) is 0 Å². The Balaban J connectivity index is 1.44. The number of rotatable bonds is 10. The molecule has 2 aromatic carbocycles. The van der Waals surface area contributed by atoms with E-state index in [9.17, 15) is 8.42 Å². The van der Waals surface area contributed by atoms with Crippen molar-refractivity contribution < 1.29 is 22.6 Å². The van der Waals surface area contributed by atoms with Gasteiger partial charge in [0.05, 0.1) is 29.2 Å². The van der Waals surface area contributed by atoms with Gasteiger partial charge in [0.15, 0.2) is 11.5 Å². The minimum atomic E-state index is -3.61. The third-order valence-corrected chi connectivity index (χ3v) is 9.81. The molecule has 5 rings (SSSR count). The summed E-state index contributed by atoms with van der Waals surface area (Å²) in [6.45, 7) is 4.83. The van der Waals surface area contributed by atoms with Crippen LogP contribution in [-0.2, 0) is 16.4 Å². The van der Waals surface area contributed by atoms with Gasteiger partial charge >= 0.3 is 0 Å². The van der Waals surface area contributed by atoms with E-state index < -0.39 is 10.0 Å². The van der Waals surface area contributed by atoms with Gasteiger partial charge in [0.25, 0.3) is 0 Å². The van der Waals surface area contributed by atoms with Crippen LogP contribution < -0.4 is 34.0 Å². The standard InChI is InChI=1S/C30H40BrN7O5S/c1-7-19-16-23(26(41-5)17-24(19)38-12-10-20(11-13-38)36(2)3)34-30-32-18-21(31)29(35-30)33-22-8-9-25-28(43-15-14-42-25)27(22)37(4)44(6,39)40/h8-9,16-18,20H,7,10-15H2,1-6H3,(H2,32,33,34,35). The number of methoxy groups -OCH3 is 1. The van der Waals surface area contributed by atoms with E-state index in [1.165, 1.54) is 22.6 Å². The van der Waals surface area contributed by atoms with E-state index in [4.69, 9.17) is 19.2 Å². The molecule has 0 aliphatic carbocycles. The number of sulfonamides is 1. The van der Waals surface area contributed by atoms with Crippen molar-refractivity contribution >= 4 is 60.5 Å². The van der Waals surface area contributed by atoms with Gasteiger partial charge < -0.3 is 34.6 Å². The second-order valence-electron chi connectivity index (χ2n) is 11.1. The molecule has 2 aliphatic rings. The maximum Gasteiger partial charge on any atom is 0.232 e. The first kappa shape index (κ1) is 31.9. The molecule has 238 valence electrons. The number of fused-ring (bicyclic) bond motifs is 1. The van der Waals surface area contributed by atoms with E-state index in [1.54, 1.807) is 25.4 Å². The predicted molar refractivity (Wildman–Crippen MR) is 178 cm³/mol. The highest BCUT2D eigenvalue weighted by atomic mass is 79.9. The molecule has 2 aliphatic heterocycles. The van der Waals surface area contributed by atoms with Crippen LogP contribution >= 0.6 is 15.9 Å². The monoisotopic (exact) mass is 689 g/mol. The van der Waals surface area contributed by atoms with Gasteiger partial charge in [-0.15, -0.1) is 0 Å². The molecule has 1 aromatic heterocycles. The first-order valence-electron chi connectivity index (χ1n) is 14.6. The second kappa shape index (κ2) is 13.2. The maximum absolute atomic E-state index is 12.6. The van der Waals surface area contributed by atoms with Crippen LogP contribution in [0.3, 0.4) is 0 Å². The Labute approximate surface area is 267 Å². The van der Waals surface area contributed by atoms with E-state index in [2.05, 4.69) is 74.5 Å². The van der Waals surface area contributed by atoms with Gasteiger partial charge in [-0.1, -0.05) is 6.92 Å². The lowest BCUT2D eigenvalue weighted by atomic mass is 10.0. The van der Waals surface area contributed by atoms with Gasteiger partial charge in [0.1, 0.15) is 30.5 Å². The Kier molecular flexibility index (Phi) is 9.61. The number of ether oxygens (including phenoxy) is 3. The topological polar surface area (TPSA) is 121 Å². The van der Waals surface area contributed by atoms with Crippen LogP contribution in [0.15, 0.2) is 34.9 Å². The van der Waals surface area contributed by atoms with Crippen molar-refractivity contribution in [1.29, 1.82) is 0 Å². The van der Waals surface area contributed by atoms with E-state index >= 15 is 0 Å². The van der Waals surface area contributed by atoms with Crippen molar-refractivity contribution in [3.63, 3.8) is 0 Å². The van der Waals surface area contributed by atoms with Gasteiger partial charge in [-0.3, -0.25) is 4.31 Å². The smallest absolute Gasteiger partial charge is 0.232 e.